The fourth-order valence-electron chi connectivity index (χ4n) is 2.62. The zero-order chi connectivity index (χ0) is 19.2. The minimum atomic E-state index is -0.156. The SMILES string of the molecule is COc1ccc(OC)c(-c2csc(NC(=O)CCc3ccccc3O)n2)c1. The van der Waals surface area contributed by atoms with Crippen molar-refractivity contribution < 1.29 is 19.4 Å². The second kappa shape index (κ2) is 8.55. The van der Waals surface area contributed by atoms with Crippen molar-refractivity contribution in [3.63, 3.8) is 0 Å². The smallest absolute Gasteiger partial charge is 0.226 e. The summed E-state index contributed by atoms with van der Waals surface area (Å²) >= 11 is 1.34. The average Bonchev–Trinajstić information content (AvgIpc) is 3.15. The van der Waals surface area contributed by atoms with E-state index in [-0.39, 0.29) is 18.1 Å². The molecule has 0 atom stereocenters. The van der Waals surface area contributed by atoms with Crippen LogP contribution in [-0.2, 0) is 11.2 Å². The third-order valence-electron chi connectivity index (χ3n) is 4.05. The Morgan fingerprint density at radius 3 is 2.74 bits per heavy atom. The molecule has 0 aliphatic heterocycles. The topological polar surface area (TPSA) is 80.7 Å². The lowest BCUT2D eigenvalue weighted by Gasteiger charge is -2.08. The summed E-state index contributed by atoms with van der Waals surface area (Å²) in [5.74, 6) is 1.43. The van der Waals surface area contributed by atoms with Crippen molar-refractivity contribution in [1.82, 2.24) is 4.98 Å². The van der Waals surface area contributed by atoms with E-state index in [2.05, 4.69) is 10.3 Å². The van der Waals surface area contributed by atoms with E-state index in [1.54, 1.807) is 32.4 Å². The molecule has 2 N–H and O–H groups in total. The lowest BCUT2D eigenvalue weighted by molar-refractivity contribution is -0.116. The van der Waals surface area contributed by atoms with Crippen LogP contribution in [0.25, 0.3) is 11.3 Å². The molecule has 27 heavy (non-hydrogen) atoms. The van der Waals surface area contributed by atoms with Gasteiger partial charge in [-0.2, -0.15) is 0 Å². The van der Waals surface area contributed by atoms with Crippen LogP contribution >= 0.6 is 11.3 Å². The van der Waals surface area contributed by atoms with Crippen LogP contribution in [0.5, 0.6) is 17.2 Å². The van der Waals surface area contributed by atoms with Gasteiger partial charge in [-0.1, -0.05) is 18.2 Å². The molecule has 1 amide bonds. The van der Waals surface area contributed by atoms with Gasteiger partial charge < -0.3 is 19.9 Å². The number of carbonyl (C=O) groups excluding carboxylic acids is 1. The number of thiazole rings is 1. The molecule has 0 bridgehead atoms. The van der Waals surface area contributed by atoms with Gasteiger partial charge in [0.15, 0.2) is 5.13 Å². The first kappa shape index (κ1) is 18.7. The molecule has 6 nitrogen and oxygen atoms in total. The fourth-order valence-corrected chi connectivity index (χ4v) is 3.35. The highest BCUT2D eigenvalue weighted by molar-refractivity contribution is 7.14. The first-order chi connectivity index (χ1) is 13.1. The number of nitrogens with one attached hydrogen (secondary N) is 1. The molecule has 3 rings (SSSR count). The number of hydrogen-bond donors (Lipinski definition) is 2. The summed E-state index contributed by atoms with van der Waals surface area (Å²) in [6.45, 7) is 0. The van der Waals surface area contributed by atoms with Crippen LogP contribution in [-0.4, -0.2) is 30.2 Å². The maximum Gasteiger partial charge on any atom is 0.226 e. The number of para-hydroxylation sites is 1. The zero-order valence-electron chi connectivity index (χ0n) is 15.1. The van der Waals surface area contributed by atoms with Crippen molar-refractivity contribution in [3.8, 4) is 28.5 Å². The molecule has 7 heteroatoms. The van der Waals surface area contributed by atoms with Gasteiger partial charge in [-0.15, -0.1) is 11.3 Å². The maximum absolute atomic E-state index is 12.2. The number of aryl methyl sites for hydroxylation is 1. The van der Waals surface area contributed by atoms with E-state index in [1.807, 2.05) is 29.6 Å². The number of carbonyl (C=O) groups is 1. The Balaban J connectivity index is 1.67. The van der Waals surface area contributed by atoms with Crippen molar-refractivity contribution in [3.05, 3.63) is 53.4 Å². The number of methoxy groups -OCH3 is 2. The van der Waals surface area contributed by atoms with E-state index in [0.29, 0.717) is 28.7 Å². The van der Waals surface area contributed by atoms with Gasteiger partial charge in [0.25, 0.3) is 0 Å². The van der Waals surface area contributed by atoms with Crippen molar-refractivity contribution in [2.45, 2.75) is 12.8 Å². The highest BCUT2D eigenvalue weighted by atomic mass is 32.1. The molecule has 0 aliphatic carbocycles. The number of phenols is 1. The quantitative estimate of drug-likeness (QED) is 0.641. The summed E-state index contributed by atoms with van der Waals surface area (Å²) in [6, 6.07) is 12.5. The number of amides is 1. The molecule has 2 aromatic carbocycles. The molecular formula is C20H20N2O4S. The van der Waals surface area contributed by atoms with Gasteiger partial charge in [0.1, 0.15) is 17.2 Å². The van der Waals surface area contributed by atoms with Crippen LogP contribution in [0.3, 0.4) is 0 Å². The van der Waals surface area contributed by atoms with Gasteiger partial charge in [0, 0.05) is 17.4 Å². The van der Waals surface area contributed by atoms with Gasteiger partial charge in [-0.05, 0) is 36.2 Å². The third-order valence-corrected chi connectivity index (χ3v) is 4.80. The van der Waals surface area contributed by atoms with E-state index in [0.717, 1.165) is 11.1 Å². The number of rotatable bonds is 7. The van der Waals surface area contributed by atoms with Crippen LogP contribution in [0.15, 0.2) is 47.8 Å². The van der Waals surface area contributed by atoms with Gasteiger partial charge >= 0.3 is 0 Å². The molecule has 0 saturated heterocycles. The molecular weight excluding hydrogens is 364 g/mol. The maximum atomic E-state index is 12.2. The van der Waals surface area contributed by atoms with Gasteiger partial charge in [-0.3, -0.25) is 4.79 Å². The summed E-state index contributed by atoms with van der Waals surface area (Å²) < 4.78 is 10.6. The van der Waals surface area contributed by atoms with Crippen LogP contribution in [0, 0.1) is 0 Å². The highest BCUT2D eigenvalue weighted by Crippen LogP contribution is 2.35. The third kappa shape index (κ3) is 4.57. The number of anilines is 1. The van der Waals surface area contributed by atoms with Gasteiger partial charge in [-0.25, -0.2) is 4.98 Å². The number of hydrogen-bond acceptors (Lipinski definition) is 6. The molecule has 0 unspecified atom stereocenters. The van der Waals surface area contributed by atoms with Crippen LogP contribution in [0.1, 0.15) is 12.0 Å². The van der Waals surface area contributed by atoms with E-state index in [9.17, 15) is 9.90 Å². The number of benzene rings is 2. The Bertz CT molecular complexity index is 939. The first-order valence-corrected chi connectivity index (χ1v) is 9.23. The number of aromatic nitrogens is 1. The van der Waals surface area contributed by atoms with Gasteiger partial charge in [0.2, 0.25) is 5.91 Å². The Kier molecular flexibility index (Phi) is 5.93. The van der Waals surface area contributed by atoms with Crippen molar-refractivity contribution >= 4 is 22.4 Å². The predicted octanol–water partition coefficient (Wildman–Crippen LogP) is 4.10. The standard InChI is InChI=1S/C20H20N2O4S/c1-25-14-8-9-18(26-2)15(11-14)16-12-27-20(21-16)22-19(24)10-7-13-5-3-4-6-17(13)23/h3-6,8-9,11-12,23H,7,10H2,1-2H3,(H,21,22,24). The molecule has 3 aromatic rings. The van der Waals surface area contributed by atoms with E-state index >= 15 is 0 Å². The fraction of sp³-hybridized carbons (Fsp3) is 0.200. The van der Waals surface area contributed by atoms with Crippen LogP contribution < -0.4 is 14.8 Å². The monoisotopic (exact) mass is 384 g/mol. The lowest BCUT2D eigenvalue weighted by Crippen LogP contribution is -2.12. The Morgan fingerprint density at radius 2 is 2.00 bits per heavy atom. The lowest BCUT2D eigenvalue weighted by atomic mass is 10.1. The Hall–Kier alpha value is -3.06. The van der Waals surface area contributed by atoms with Crippen molar-refractivity contribution in [2.24, 2.45) is 0 Å². The Labute approximate surface area is 161 Å². The molecule has 0 aliphatic rings. The number of phenolic OH excluding ortho intramolecular Hbond substituents is 1. The van der Waals surface area contributed by atoms with Crippen LogP contribution in [0.2, 0.25) is 0 Å². The highest BCUT2D eigenvalue weighted by Gasteiger charge is 2.13. The normalized spacial score (nSPS) is 10.4. The minimum Gasteiger partial charge on any atom is -0.508 e. The molecule has 140 valence electrons. The molecule has 1 heterocycles. The molecule has 0 saturated carbocycles. The summed E-state index contributed by atoms with van der Waals surface area (Å²) in [4.78, 5) is 16.7. The summed E-state index contributed by atoms with van der Waals surface area (Å²) in [7, 11) is 3.20. The van der Waals surface area contributed by atoms with Gasteiger partial charge in [0.05, 0.1) is 19.9 Å². The van der Waals surface area contributed by atoms with E-state index < -0.39 is 0 Å². The molecule has 0 fully saturated rings. The van der Waals surface area contributed by atoms with Crippen molar-refractivity contribution in [1.29, 1.82) is 0 Å². The molecule has 0 radical (unpaired) electrons. The van der Waals surface area contributed by atoms with E-state index in [4.69, 9.17) is 9.47 Å². The summed E-state index contributed by atoms with van der Waals surface area (Å²) in [6.07, 6.45) is 0.718. The summed E-state index contributed by atoms with van der Waals surface area (Å²) in [5, 5.41) is 14.9. The number of ether oxygens (including phenoxy) is 2. The number of aromatic hydroxyl groups is 1. The average molecular weight is 384 g/mol. The Morgan fingerprint density at radius 1 is 1.19 bits per heavy atom. The summed E-state index contributed by atoms with van der Waals surface area (Å²) in [5.41, 5.74) is 2.24. The zero-order valence-corrected chi connectivity index (χ0v) is 15.9. The molecule has 1 aromatic heterocycles. The van der Waals surface area contributed by atoms with E-state index in [1.165, 1.54) is 11.3 Å². The van der Waals surface area contributed by atoms with Crippen LogP contribution in [0.4, 0.5) is 5.13 Å². The second-order valence-electron chi connectivity index (χ2n) is 5.78. The van der Waals surface area contributed by atoms with Crippen molar-refractivity contribution in [2.75, 3.05) is 19.5 Å². The molecule has 0 spiro atoms. The largest absolute Gasteiger partial charge is 0.508 e. The number of nitrogens with zero attached hydrogens (tertiary/aromatic N) is 1. The first-order valence-electron chi connectivity index (χ1n) is 8.35. The predicted molar refractivity (Wildman–Crippen MR) is 106 cm³/mol. The minimum absolute atomic E-state index is 0.156. The second-order valence-corrected chi connectivity index (χ2v) is 6.64.